The lowest BCUT2D eigenvalue weighted by atomic mass is 10.4. The Morgan fingerprint density at radius 2 is 2.13 bits per heavy atom. The summed E-state index contributed by atoms with van der Waals surface area (Å²) in [5, 5.41) is 2.79. The van der Waals surface area contributed by atoms with Crippen LogP contribution >= 0.6 is 0 Å². The van der Waals surface area contributed by atoms with E-state index >= 15 is 0 Å². The first-order chi connectivity index (χ1) is 7.19. The number of esters is 1. The van der Waals surface area contributed by atoms with Crippen molar-refractivity contribution in [3.8, 4) is 0 Å². The zero-order valence-electron chi connectivity index (χ0n) is 9.28. The Morgan fingerprint density at radius 1 is 1.47 bits per heavy atom. The van der Waals surface area contributed by atoms with Crippen molar-refractivity contribution in [3.63, 3.8) is 0 Å². The molecule has 0 spiro atoms. The molecule has 0 aromatic heterocycles. The van der Waals surface area contributed by atoms with Gasteiger partial charge < -0.3 is 15.0 Å². The van der Waals surface area contributed by atoms with Gasteiger partial charge in [0, 0.05) is 6.04 Å². The summed E-state index contributed by atoms with van der Waals surface area (Å²) in [6.07, 6.45) is 1.99. The highest BCUT2D eigenvalue weighted by molar-refractivity contribution is 5.83. The van der Waals surface area contributed by atoms with E-state index in [1.165, 1.54) is 0 Å². The van der Waals surface area contributed by atoms with E-state index < -0.39 is 0 Å². The maximum atomic E-state index is 11.6. The van der Waals surface area contributed by atoms with Crippen molar-refractivity contribution in [2.75, 3.05) is 26.7 Å². The Bertz CT molecular complexity index is 239. The number of likely N-dealkylation sites (N-methyl/N-ethyl adjacent to an activating group) is 1. The monoisotopic (exact) mass is 214 g/mol. The van der Waals surface area contributed by atoms with Crippen LogP contribution in [0.3, 0.4) is 0 Å². The summed E-state index contributed by atoms with van der Waals surface area (Å²) in [4.78, 5) is 24.5. The van der Waals surface area contributed by atoms with Gasteiger partial charge in [-0.3, -0.25) is 9.59 Å². The van der Waals surface area contributed by atoms with Gasteiger partial charge >= 0.3 is 5.97 Å². The molecule has 5 heteroatoms. The number of hydrogen-bond acceptors (Lipinski definition) is 4. The number of hydrogen-bond donors (Lipinski definition) is 1. The third-order valence-corrected chi connectivity index (χ3v) is 2.24. The third kappa shape index (κ3) is 3.87. The van der Waals surface area contributed by atoms with Crippen LogP contribution in [0.1, 0.15) is 19.8 Å². The SMILES string of the molecule is CCOC(=O)CN(C(=O)CNC)C1CC1. The molecular formula is C10H18N2O3. The Balaban J connectivity index is 2.43. The van der Waals surface area contributed by atoms with Gasteiger partial charge in [-0.25, -0.2) is 0 Å². The van der Waals surface area contributed by atoms with E-state index in [0.29, 0.717) is 6.61 Å². The zero-order valence-corrected chi connectivity index (χ0v) is 9.28. The Kier molecular flexibility index (Phi) is 4.55. The number of nitrogens with zero attached hydrogens (tertiary/aromatic N) is 1. The topological polar surface area (TPSA) is 58.6 Å². The molecule has 0 atom stereocenters. The smallest absolute Gasteiger partial charge is 0.325 e. The summed E-state index contributed by atoms with van der Waals surface area (Å²) in [7, 11) is 1.72. The highest BCUT2D eigenvalue weighted by atomic mass is 16.5. The molecule has 86 valence electrons. The fraction of sp³-hybridized carbons (Fsp3) is 0.800. The summed E-state index contributed by atoms with van der Waals surface area (Å²) < 4.78 is 4.83. The molecule has 15 heavy (non-hydrogen) atoms. The number of nitrogens with one attached hydrogen (secondary N) is 1. The van der Waals surface area contributed by atoms with E-state index in [9.17, 15) is 9.59 Å². The molecule has 1 rings (SSSR count). The maximum absolute atomic E-state index is 11.6. The average molecular weight is 214 g/mol. The molecule has 1 N–H and O–H groups in total. The van der Waals surface area contributed by atoms with Crippen LogP contribution in [0.5, 0.6) is 0 Å². The van der Waals surface area contributed by atoms with E-state index in [0.717, 1.165) is 12.8 Å². The standard InChI is InChI=1S/C10H18N2O3/c1-3-15-10(14)7-12(8-4-5-8)9(13)6-11-2/h8,11H,3-7H2,1-2H3. The van der Waals surface area contributed by atoms with Gasteiger partial charge in [0.1, 0.15) is 6.54 Å². The van der Waals surface area contributed by atoms with Crippen LogP contribution in [0, 0.1) is 0 Å². The largest absolute Gasteiger partial charge is 0.465 e. The number of ether oxygens (including phenoxy) is 1. The van der Waals surface area contributed by atoms with Gasteiger partial charge in [-0.2, -0.15) is 0 Å². The summed E-state index contributed by atoms with van der Waals surface area (Å²) in [6.45, 7) is 2.47. The zero-order chi connectivity index (χ0) is 11.3. The normalized spacial score (nSPS) is 14.8. The summed E-state index contributed by atoms with van der Waals surface area (Å²) in [6, 6.07) is 0.246. The van der Waals surface area contributed by atoms with Gasteiger partial charge in [0.05, 0.1) is 13.2 Å². The third-order valence-electron chi connectivity index (χ3n) is 2.24. The van der Waals surface area contributed by atoms with Crippen LogP contribution in [0.15, 0.2) is 0 Å². The highest BCUT2D eigenvalue weighted by Gasteiger charge is 2.33. The van der Waals surface area contributed by atoms with Gasteiger partial charge in [-0.1, -0.05) is 0 Å². The molecule has 0 aliphatic heterocycles. The molecule has 0 unspecified atom stereocenters. The van der Waals surface area contributed by atoms with Crippen molar-refractivity contribution in [3.05, 3.63) is 0 Å². The summed E-state index contributed by atoms with van der Waals surface area (Å²) in [5.74, 6) is -0.359. The molecule has 1 saturated carbocycles. The van der Waals surface area contributed by atoms with Crippen molar-refractivity contribution in [2.45, 2.75) is 25.8 Å². The summed E-state index contributed by atoms with van der Waals surface area (Å²) >= 11 is 0. The van der Waals surface area contributed by atoms with Crippen LogP contribution in [-0.2, 0) is 14.3 Å². The minimum Gasteiger partial charge on any atom is -0.465 e. The van der Waals surface area contributed by atoms with Crippen molar-refractivity contribution in [1.29, 1.82) is 0 Å². The minimum atomic E-state index is -0.325. The fourth-order valence-corrected chi connectivity index (χ4v) is 1.41. The van der Waals surface area contributed by atoms with Crippen LogP contribution in [0.2, 0.25) is 0 Å². The number of rotatable bonds is 6. The van der Waals surface area contributed by atoms with Crippen molar-refractivity contribution >= 4 is 11.9 Å². The van der Waals surface area contributed by atoms with Gasteiger partial charge in [0.2, 0.25) is 5.91 Å². The first kappa shape index (κ1) is 12.0. The quantitative estimate of drug-likeness (QED) is 0.620. The lowest BCUT2D eigenvalue weighted by Gasteiger charge is -2.20. The lowest BCUT2D eigenvalue weighted by molar-refractivity contribution is -0.149. The second-order valence-electron chi connectivity index (χ2n) is 3.59. The van der Waals surface area contributed by atoms with E-state index in [-0.39, 0.29) is 31.0 Å². The first-order valence-corrected chi connectivity index (χ1v) is 5.28. The van der Waals surface area contributed by atoms with Crippen LogP contribution in [0.4, 0.5) is 0 Å². The van der Waals surface area contributed by atoms with E-state index in [1.54, 1.807) is 18.9 Å². The molecule has 1 amide bonds. The molecule has 1 aliphatic carbocycles. The maximum Gasteiger partial charge on any atom is 0.325 e. The Morgan fingerprint density at radius 3 is 2.60 bits per heavy atom. The Labute approximate surface area is 89.8 Å². The molecular weight excluding hydrogens is 196 g/mol. The molecule has 0 aromatic rings. The molecule has 0 heterocycles. The predicted molar refractivity (Wildman–Crippen MR) is 55.3 cm³/mol. The lowest BCUT2D eigenvalue weighted by Crippen LogP contribution is -2.42. The molecule has 1 aliphatic rings. The predicted octanol–water partition coefficient (Wildman–Crippen LogP) is -0.240. The van der Waals surface area contributed by atoms with E-state index in [4.69, 9.17) is 4.74 Å². The average Bonchev–Trinajstić information content (AvgIpc) is 2.98. The van der Waals surface area contributed by atoms with Crippen molar-refractivity contribution in [2.24, 2.45) is 0 Å². The fourth-order valence-electron chi connectivity index (χ4n) is 1.41. The molecule has 0 radical (unpaired) electrons. The molecule has 0 saturated heterocycles. The first-order valence-electron chi connectivity index (χ1n) is 5.28. The minimum absolute atomic E-state index is 0.0342. The molecule has 0 bridgehead atoms. The van der Waals surface area contributed by atoms with Crippen molar-refractivity contribution in [1.82, 2.24) is 10.2 Å². The number of carbonyl (C=O) groups excluding carboxylic acids is 2. The van der Waals surface area contributed by atoms with Crippen LogP contribution in [-0.4, -0.2) is 49.6 Å². The van der Waals surface area contributed by atoms with Gasteiger partial charge in [-0.05, 0) is 26.8 Å². The van der Waals surface area contributed by atoms with Crippen molar-refractivity contribution < 1.29 is 14.3 Å². The van der Waals surface area contributed by atoms with Gasteiger partial charge in [0.15, 0.2) is 0 Å². The van der Waals surface area contributed by atoms with Gasteiger partial charge in [0.25, 0.3) is 0 Å². The highest BCUT2D eigenvalue weighted by Crippen LogP contribution is 2.26. The number of amides is 1. The van der Waals surface area contributed by atoms with E-state index in [1.807, 2.05) is 0 Å². The second-order valence-corrected chi connectivity index (χ2v) is 3.59. The number of carbonyl (C=O) groups is 2. The molecule has 5 nitrogen and oxygen atoms in total. The second kappa shape index (κ2) is 5.70. The van der Waals surface area contributed by atoms with E-state index in [2.05, 4.69) is 5.32 Å². The molecule has 0 aromatic carbocycles. The Hall–Kier alpha value is -1.10. The summed E-state index contributed by atoms with van der Waals surface area (Å²) in [5.41, 5.74) is 0. The van der Waals surface area contributed by atoms with Gasteiger partial charge in [-0.15, -0.1) is 0 Å². The van der Waals surface area contributed by atoms with Crippen LogP contribution < -0.4 is 5.32 Å². The van der Waals surface area contributed by atoms with Crippen LogP contribution in [0.25, 0.3) is 0 Å². The molecule has 1 fully saturated rings.